The van der Waals surface area contributed by atoms with Crippen molar-refractivity contribution in [1.29, 1.82) is 0 Å². The summed E-state index contributed by atoms with van der Waals surface area (Å²) in [6.07, 6.45) is 3.43. The number of nitrogens with zero attached hydrogens (tertiary/aromatic N) is 5. The Kier molecular flexibility index (Phi) is 6.71. The minimum Gasteiger partial charge on any atom is -0.304 e. The van der Waals surface area contributed by atoms with E-state index in [-0.39, 0.29) is 11.7 Å². The van der Waals surface area contributed by atoms with Gasteiger partial charge in [0.05, 0.1) is 39.6 Å². The molecule has 5 aromatic rings. The Labute approximate surface area is 222 Å². The van der Waals surface area contributed by atoms with Crippen LogP contribution in [-0.2, 0) is 13.1 Å². The molecule has 3 heterocycles. The Balaban J connectivity index is 1.47. The Bertz CT molecular complexity index is 1610. The van der Waals surface area contributed by atoms with Gasteiger partial charge in [-0.15, -0.1) is 0 Å². The Morgan fingerprint density at radius 2 is 1.83 bits per heavy atom. The van der Waals surface area contributed by atoms with Crippen LogP contribution < -0.4 is 5.32 Å². The zero-order valence-electron chi connectivity index (χ0n) is 19.5. The molecule has 2 aromatic carbocycles. The van der Waals surface area contributed by atoms with Crippen LogP contribution in [0, 0.1) is 6.92 Å². The zero-order valence-corrected chi connectivity index (χ0v) is 21.7. The van der Waals surface area contributed by atoms with Crippen molar-refractivity contribution < 1.29 is 4.79 Å². The standard InChI is InChI=1S/C26H21Cl3N6O/c1-3-35-15(2)19(12-30-35)24-11-18(17-6-4-5-7-23(17)31-24)26(36)32-25-22(29)14-34(33-25)13-16-8-9-20(27)21(28)10-16/h4-12,14H,3,13H2,1-2H3,(H,32,33,36). The summed E-state index contributed by atoms with van der Waals surface area (Å²) in [5.41, 5.74) is 4.60. The lowest BCUT2D eigenvalue weighted by Crippen LogP contribution is -2.14. The van der Waals surface area contributed by atoms with Crippen LogP contribution in [0.1, 0.15) is 28.5 Å². The van der Waals surface area contributed by atoms with Gasteiger partial charge < -0.3 is 5.32 Å². The van der Waals surface area contributed by atoms with Crippen molar-refractivity contribution >= 4 is 57.4 Å². The number of anilines is 1. The van der Waals surface area contributed by atoms with E-state index in [0.717, 1.165) is 28.8 Å². The second-order valence-electron chi connectivity index (χ2n) is 8.26. The van der Waals surface area contributed by atoms with Gasteiger partial charge in [-0.2, -0.15) is 10.2 Å². The number of hydrogen-bond donors (Lipinski definition) is 1. The van der Waals surface area contributed by atoms with Crippen molar-refractivity contribution in [1.82, 2.24) is 24.5 Å². The van der Waals surface area contributed by atoms with E-state index >= 15 is 0 Å². The van der Waals surface area contributed by atoms with Gasteiger partial charge in [0.25, 0.3) is 5.91 Å². The van der Waals surface area contributed by atoms with Crippen LogP contribution in [0.15, 0.2) is 60.9 Å². The average Bonchev–Trinajstić information content (AvgIpc) is 3.41. The number of nitrogens with one attached hydrogen (secondary N) is 1. The molecule has 0 aliphatic carbocycles. The SMILES string of the molecule is CCn1ncc(-c2cc(C(=O)Nc3nn(Cc4ccc(Cl)c(Cl)c4)cc3Cl)c3ccccc3n2)c1C. The van der Waals surface area contributed by atoms with Crippen LogP contribution in [0.2, 0.25) is 15.1 Å². The van der Waals surface area contributed by atoms with E-state index in [0.29, 0.717) is 38.4 Å². The van der Waals surface area contributed by atoms with E-state index < -0.39 is 0 Å². The maximum Gasteiger partial charge on any atom is 0.257 e. The lowest BCUT2D eigenvalue weighted by atomic mass is 10.0. The number of para-hydroxylation sites is 1. The van der Waals surface area contributed by atoms with Gasteiger partial charge in [-0.25, -0.2) is 4.98 Å². The van der Waals surface area contributed by atoms with Crippen molar-refractivity contribution in [3.8, 4) is 11.3 Å². The molecule has 3 aromatic heterocycles. The topological polar surface area (TPSA) is 77.6 Å². The summed E-state index contributed by atoms with van der Waals surface area (Å²) < 4.78 is 3.53. The number of carbonyl (C=O) groups is 1. The number of fused-ring (bicyclic) bond motifs is 1. The molecule has 0 saturated carbocycles. The zero-order chi connectivity index (χ0) is 25.4. The second kappa shape index (κ2) is 9.93. The number of benzene rings is 2. The number of amides is 1. The minimum atomic E-state index is -0.336. The number of aromatic nitrogens is 5. The smallest absolute Gasteiger partial charge is 0.257 e. The number of hydrogen-bond acceptors (Lipinski definition) is 4. The van der Waals surface area contributed by atoms with Crippen LogP contribution in [0.4, 0.5) is 5.82 Å². The summed E-state index contributed by atoms with van der Waals surface area (Å²) in [4.78, 5) is 18.2. The highest BCUT2D eigenvalue weighted by Gasteiger charge is 2.19. The summed E-state index contributed by atoms with van der Waals surface area (Å²) in [5, 5.41) is 13.7. The fraction of sp³-hybridized carbons (Fsp3) is 0.154. The summed E-state index contributed by atoms with van der Waals surface area (Å²) in [7, 11) is 0. The normalized spacial score (nSPS) is 11.2. The third kappa shape index (κ3) is 4.69. The summed E-state index contributed by atoms with van der Waals surface area (Å²) >= 11 is 18.5. The van der Waals surface area contributed by atoms with Gasteiger partial charge in [0.1, 0.15) is 5.02 Å². The third-order valence-corrected chi connectivity index (χ3v) is 6.93. The van der Waals surface area contributed by atoms with Crippen molar-refractivity contribution in [3.63, 3.8) is 0 Å². The van der Waals surface area contributed by atoms with Gasteiger partial charge in [0.15, 0.2) is 5.82 Å². The van der Waals surface area contributed by atoms with Crippen LogP contribution in [-0.4, -0.2) is 30.5 Å². The number of aryl methyl sites for hydroxylation is 1. The first-order chi connectivity index (χ1) is 17.3. The first-order valence-corrected chi connectivity index (χ1v) is 12.4. The van der Waals surface area contributed by atoms with Gasteiger partial charge in [-0.1, -0.05) is 59.1 Å². The highest BCUT2D eigenvalue weighted by molar-refractivity contribution is 6.42. The van der Waals surface area contributed by atoms with Crippen LogP contribution >= 0.6 is 34.8 Å². The number of carbonyl (C=O) groups excluding carboxylic acids is 1. The lowest BCUT2D eigenvalue weighted by molar-refractivity contribution is 0.102. The minimum absolute atomic E-state index is 0.263. The number of halogens is 3. The van der Waals surface area contributed by atoms with E-state index in [4.69, 9.17) is 39.8 Å². The quantitative estimate of drug-likeness (QED) is 0.255. The molecule has 1 N–H and O–H groups in total. The molecule has 0 bridgehead atoms. The first kappa shape index (κ1) is 24.3. The second-order valence-corrected chi connectivity index (χ2v) is 9.48. The highest BCUT2D eigenvalue weighted by Crippen LogP contribution is 2.29. The molecule has 0 aliphatic rings. The van der Waals surface area contributed by atoms with Gasteiger partial charge in [0.2, 0.25) is 0 Å². The molecule has 10 heteroatoms. The number of rotatable bonds is 6. The maximum atomic E-state index is 13.5. The molecule has 0 radical (unpaired) electrons. The molecule has 182 valence electrons. The summed E-state index contributed by atoms with van der Waals surface area (Å²) in [6.45, 7) is 5.18. The van der Waals surface area contributed by atoms with E-state index in [9.17, 15) is 4.79 Å². The van der Waals surface area contributed by atoms with E-state index in [2.05, 4.69) is 15.5 Å². The first-order valence-electron chi connectivity index (χ1n) is 11.2. The van der Waals surface area contributed by atoms with Gasteiger partial charge >= 0.3 is 0 Å². The highest BCUT2D eigenvalue weighted by atomic mass is 35.5. The van der Waals surface area contributed by atoms with Crippen molar-refractivity contribution in [2.75, 3.05) is 5.32 Å². The predicted molar refractivity (Wildman–Crippen MR) is 144 cm³/mol. The van der Waals surface area contributed by atoms with Crippen LogP contribution in [0.25, 0.3) is 22.2 Å². The van der Waals surface area contributed by atoms with Crippen molar-refractivity contribution in [2.45, 2.75) is 26.9 Å². The summed E-state index contributed by atoms with van der Waals surface area (Å²) in [5.74, 6) is -0.0729. The van der Waals surface area contributed by atoms with E-state index in [1.165, 1.54) is 0 Å². The lowest BCUT2D eigenvalue weighted by Gasteiger charge is -2.10. The molecule has 36 heavy (non-hydrogen) atoms. The van der Waals surface area contributed by atoms with Crippen LogP contribution in [0.5, 0.6) is 0 Å². The van der Waals surface area contributed by atoms with Gasteiger partial charge in [-0.3, -0.25) is 14.2 Å². The molecule has 1 amide bonds. The molecule has 0 fully saturated rings. The van der Waals surface area contributed by atoms with Gasteiger partial charge in [0, 0.05) is 29.4 Å². The largest absolute Gasteiger partial charge is 0.304 e. The molecule has 0 saturated heterocycles. The average molecular weight is 540 g/mol. The fourth-order valence-corrected chi connectivity index (χ4v) is 4.60. The predicted octanol–water partition coefficient (Wildman–Crippen LogP) is 6.88. The Morgan fingerprint density at radius 1 is 1.03 bits per heavy atom. The molecular formula is C26H21Cl3N6O. The Morgan fingerprint density at radius 3 is 2.58 bits per heavy atom. The van der Waals surface area contributed by atoms with E-state index in [1.54, 1.807) is 35.3 Å². The Hall–Kier alpha value is -3.39. The van der Waals surface area contributed by atoms with E-state index in [1.807, 2.05) is 48.9 Å². The molecule has 0 unspecified atom stereocenters. The molecular weight excluding hydrogens is 519 g/mol. The number of pyridine rings is 1. The maximum absolute atomic E-state index is 13.5. The molecule has 7 nitrogen and oxygen atoms in total. The van der Waals surface area contributed by atoms with Crippen molar-refractivity contribution in [3.05, 3.63) is 92.8 Å². The van der Waals surface area contributed by atoms with Crippen molar-refractivity contribution in [2.24, 2.45) is 0 Å². The molecule has 5 rings (SSSR count). The fourth-order valence-electron chi connectivity index (χ4n) is 4.08. The van der Waals surface area contributed by atoms with Gasteiger partial charge in [-0.05, 0) is 43.7 Å². The van der Waals surface area contributed by atoms with Crippen LogP contribution in [0.3, 0.4) is 0 Å². The molecule has 0 aliphatic heterocycles. The monoisotopic (exact) mass is 538 g/mol. The third-order valence-electron chi connectivity index (χ3n) is 5.92. The molecule has 0 atom stereocenters. The summed E-state index contributed by atoms with van der Waals surface area (Å²) in [6, 6.07) is 14.7. The molecule has 0 spiro atoms.